The van der Waals surface area contributed by atoms with Gasteiger partial charge in [0.2, 0.25) is 0 Å². The molecule has 1 aromatic heterocycles. The van der Waals surface area contributed by atoms with E-state index in [1.165, 1.54) is 0 Å². The lowest BCUT2D eigenvalue weighted by molar-refractivity contribution is 0.418. The fourth-order valence-corrected chi connectivity index (χ4v) is 1.22. The SMILES string of the molecule is OB(O)c1cc(CF)c(CF)nc1CF. The maximum absolute atomic E-state index is 12.4. The van der Waals surface area contributed by atoms with Gasteiger partial charge in [0.1, 0.15) is 20.0 Å². The van der Waals surface area contributed by atoms with Crippen LogP contribution < -0.4 is 5.46 Å². The fraction of sp³-hybridized carbons (Fsp3) is 0.375. The zero-order valence-electron chi connectivity index (χ0n) is 7.75. The summed E-state index contributed by atoms with van der Waals surface area (Å²) in [5, 5.41) is 17.7. The zero-order valence-corrected chi connectivity index (χ0v) is 7.75. The summed E-state index contributed by atoms with van der Waals surface area (Å²) in [5.41, 5.74) is -0.829. The van der Waals surface area contributed by atoms with E-state index in [0.717, 1.165) is 6.07 Å². The third-order valence-electron chi connectivity index (χ3n) is 1.98. The van der Waals surface area contributed by atoms with Gasteiger partial charge in [-0.2, -0.15) is 0 Å². The van der Waals surface area contributed by atoms with E-state index in [-0.39, 0.29) is 22.4 Å². The second kappa shape index (κ2) is 5.13. The smallest absolute Gasteiger partial charge is 0.423 e. The Morgan fingerprint density at radius 2 is 1.67 bits per heavy atom. The Morgan fingerprint density at radius 1 is 1.07 bits per heavy atom. The number of rotatable bonds is 4. The van der Waals surface area contributed by atoms with Crippen molar-refractivity contribution in [2.45, 2.75) is 20.0 Å². The van der Waals surface area contributed by atoms with Crippen molar-refractivity contribution >= 4 is 12.6 Å². The predicted molar refractivity (Wildman–Crippen MR) is 48.5 cm³/mol. The van der Waals surface area contributed by atoms with Crippen LogP contribution in [0.4, 0.5) is 13.2 Å². The largest absolute Gasteiger partial charge is 0.490 e. The molecule has 0 amide bonds. The summed E-state index contributed by atoms with van der Waals surface area (Å²) in [6.07, 6.45) is 0. The maximum Gasteiger partial charge on any atom is 0.490 e. The van der Waals surface area contributed by atoms with Gasteiger partial charge in [-0.1, -0.05) is 6.07 Å². The van der Waals surface area contributed by atoms with E-state index in [2.05, 4.69) is 4.98 Å². The van der Waals surface area contributed by atoms with Crippen LogP contribution in [-0.4, -0.2) is 22.2 Å². The van der Waals surface area contributed by atoms with E-state index in [1.807, 2.05) is 0 Å². The molecule has 15 heavy (non-hydrogen) atoms. The number of alkyl halides is 3. The Bertz CT molecular complexity index is 349. The lowest BCUT2D eigenvalue weighted by Gasteiger charge is -2.09. The predicted octanol–water partition coefficient (Wildman–Crippen LogP) is 0.170. The van der Waals surface area contributed by atoms with Crippen molar-refractivity contribution in [2.24, 2.45) is 0 Å². The van der Waals surface area contributed by atoms with Gasteiger partial charge in [0.05, 0.1) is 11.4 Å². The van der Waals surface area contributed by atoms with E-state index in [0.29, 0.717) is 0 Å². The van der Waals surface area contributed by atoms with Crippen LogP contribution in [0.5, 0.6) is 0 Å². The Morgan fingerprint density at radius 3 is 2.07 bits per heavy atom. The minimum atomic E-state index is -1.94. The molecule has 1 aromatic rings. The Labute approximate surface area is 84.7 Å². The average molecular weight is 219 g/mol. The minimum absolute atomic E-state index is 0.0993. The van der Waals surface area contributed by atoms with Crippen LogP contribution in [0, 0.1) is 0 Å². The zero-order chi connectivity index (χ0) is 11.4. The van der Waals surface area contributed by atoms with Crippen molar-refractivity contribution in [1.29, 1.82) is 0 Å². The lowest BCUT2D eigenvalue weighted by Crippen LogP contribution is -2.34. The van der Waals surface area contributed by atoms with Crippen molar-refractivity contribution in [2.75, 3.05) is 0 Å². The fourth-order valence-electron chi connectivity index (χ4n) is 1.22. The monoisotopic (exact) mass is 219 g/mol. The van der Waals surface area contributed by atoms with Crippen molar-refractivity contribution in [1.82, 2.24) is 4.98 Å². The quantitative estimate of drug-likeness (QED) is 0.709. The summed E-state index contributed by atoms with van der Waals surface area (Å²) in [4.78, 5) is 3.49. The molecule has 0 saturated carbocycles. The maximum atomic E-state index is 12.4. The average Bonchev–Trinajstić information content (AvgIpc) is 2.26. The Balaban J connectivity index is 3.27. The number of aromatic nitrogens is 1. The van der Waals surface area contributed by atoms with E-state index in [1.54, 1.807) is 0 Å². The highest BCUT2D eigenvalue weighted by Crippen LogP contribution is 2.10. The number of hydrogen-bond acceptors (Lipinski definition) is 3. The molecule has 0 aliphatic heterocycles. The molecule has 0 aliphatic carbocycles. The van der Waals surface area contributed by atoms with Gasteiger partial charge in [0, 0.05) is 11.0 Å². The number of hydrogen-bond donors (Lipinski definition) is 2. The van der Waals surface area contributed by atoms with Gasteiger partial charge in [-0.25, -0.2) is 13.2 Å². The summed E-state index contributed by atoms with van der Waals surface area (Å²) in [7, 11) is -1.94. The molecular weight excluding hydrogens is 210 g/mol. The Hall–Kier alpha value is -1.08. The summed E-state index contributed by atoms with van der Waals surface area (Å²) in [6.45, 7) is -3.07. The second-order valence-corrected chi connectivity index (χ2v) is 2.90. The van der Waals surface area contributed by atoms with Crippen molar-refractivity contribution in [3.63, 3.8) is 0 Å². The molecule has 0 aromatic carbocycles. The number of pyridine rings is 1. The van der Waals surface area contributed by atoms with E-state index in [4.69, 9.17) is 10.0 Å². The summed E-state index contributed by atoms with van der Waals surface area (Å²) >= 11 is 0. The van der Waals surface area contributed by atoms with Crippen LogP contribution >= 0.6 is 0 Å². The number of halogens is 3. The van der Waals surface area contributed by atoms with E-state index in [9.17, 15) is 13.2 Å². The van der Waals surface area contributed by atoms with Gasteiger partial charge in [-0.3, -0.25) is 4.98 Å². The highest BCUT2D eigenvalue weighted by molar-refractivity contribution is 6.59. The highest BCUT2D eigenvalue weighted by atomic mass is 19.1. The molecule has 0 aliphatic rings. The van der Waals surface area contributed by atoms with Crippen LogP contribution in [0.15, 0.2) is 6.07 Å². The van der Waals surface area contributed by atoms with Crippen LogP contribution in [0.3, 0.4) is 0 Å². The van der Waals surface area contributed by atoms with Crippen LogP contribution in [0.2, 0.25) is 0 Å². The molecule has 7 heteroatoms. The molecule has 0 bridgehead atoms. The number of nitrogens with zero attached hydrogens (tertiary/aromatic N) is 1. The molecule has 0 atom stereocenters. The molecule has 0 saturated heterocycles. The second-order valence-electron chi connectivity index (χ2n) is 2.90. The topological polar surface area (TPSA) is 53.4 Å². The molecule has 1 rings (SSSR count). The van der Waals surface area contributed by atoms with Crippen LogP contribution in [0.25, 0.3) is 0 Å². The molecule has 0 unspecified atom stereocenters. The van der Waals surface area contributed by atoms with Gasteiger partial charge >= 0.3 is 7.12 Å². The first kappa shape index (κ1) is 12.0. The first-order valence-electron chi connectivity index (χ1n) is 4.19. The third kappa shape index (κ3) is 2.48. The van der Waals surface area contributed by atoms with Gasteiger partial charge in [0.25, 0.3) is 0 Å². The van der Waals surface area contributed by atoms with Gasteiger partial charge in [-0.15, -0.1) is 0 Å². The standard InChI is InChI=1S/C8H9BF3NO2/c10-2-5-1-6(9(14)15)8(4-12)13-7(5)3-11/h1,14-15H,2-4H2. The molecule has 2 N–H and O–H groups in total. The normalized spacial score (nSPS) is 10.5. The highest BCUT2D eigenvalue weighted by Gasteiger charge is 2.20. The first-order chi connectivity index (χ1) is 7.13. The molecule has 0 spiro atoms. The Kier molecular flexibility index (Phi) is 4.10. The lowest BCUT2D eigenvalue weighted by atomic mass is 9.78. The first-order valence-corrected chi connectivity index (χ1v) is 4.19. The van der Waals surface area contributed by atoms with Crippen molar-refractivity contribution < 1.29 is 23.2 Å². The van der Waals surface area contributed by atoms with E-state index >= 15 is 0 Å². The minimum Gasteiger partial charge on any atom is -0.423 e. The molecule has 1 heterocycles. The van der Waals surface area contributed by atoms with Crippen LogP contribution in [0.1, 0.15) is 17.0 Å². The van der Waals surface area contributed by atoms with Crippen LogP contribution in [-0.2, 0) is 20.0 Å². The molecular formula is C8H9BF3NO2. The van der Waals surface area contributed by atoms with E-state index < -0.39 is 27.1 Å². The van der Waals surface area contributed by atoms with Gasteiger partial charge in [-0.05, 0) is 0 Å². The molecule has 0 fully saturated rings. The molecule has 82 valence electrons. The summed E-state index contributed by atoms with van der Waals surface area (Å²) < 4.78 is 37.1. The summed E-state index contributed by atoms with van der Waals surface area (Å²) in [6, 6.07) is 1.02. The molecule has 0 radical (unpaired) electrons. The third-order valence-corrected chi connectivity index (χ3v) is 1.98. The van der Waals surface area contributed by atoms with Gasteiger partial charge < -0.3 is 10.0 Å². The van der Waals surface area contributed by atoms with Crippen molar-refractivity contribution in [3.8, 4) is 0 Å². The van der Waals surface area contributed by atoms with Gasteiger partial charge in [0.15, 0.2) is 0 Å². The summed E-state index contributed by atoms with van der Waals surface area (Å²) in [5.74, 6) is 0. The molecule has 3 nitrogen and oxygen atoms in total. The van der Waals surface area contributed by atoms with Crippen molar-refractivity contribution in [3.05, 3.63) is 23.0 Å².